The second kappa shape index (κ2) is 4.82. The minimum Gasteiger partial charge on any atom is -0.364 e. The van der Waals surface area contributed by atoms with Crippen molar-refractivity contribution in [1.82, 2.24) is 10.1 Å². The molecular formula is C11H12N4O3. The molecule has 0 unspecified atom stereocenters. The Kier molecular flexibility index (Phi) is 3.22. The molecule has 2 aromatic heterocycles. The average Bonchev–Trinajstić information content (AvgIpc) is 2.73. The zero-order valence-electron chi connectivity index (χ0n) is 10.0. The number of rotatable bonds is 4. The maximum atomic E-state index is 10.6. The highest BCUT2D eigenvalue weighted by atomic mass is 16.6. The first-order valence-electron chi connectivity index (χ1n) is 5.33. The molecule has 2 heterocycles. The third-order valence-electron chi connectivity index (χ3n) is 2.39. The first-order valence-corrected chi connectivity index (χ1v) is 5.33. The number of hydrogen-bond acceptors (Lipinski definition) is 6. The van der Waals surface area contributed by atoms with E-state index in [1.165, 1.54) is 12.3 Å². The van der Waals surface area contributed by atoms with Gasteiger partial charge in [0.15, 0.2) is 0 Å². The van der Waals surface area contributed by atoms with Crippen molar-refractivity contribution < 1.29 is 9.45 Å². The van der Waals surface area contributed by atoms with Gasteiger partial charge in [-0.2, -0.15) is 0 Å². The van der Waals surface area contributed by atoms with Gasteiger partial charge in [0.1, 0.15) is 23.5 Å². The van der Waals surface area contributed by atoms with Crippen LogP contribution in [0.15, 0.2) is 22.9 Å². The Balaban J connectivity index is 2.08. The summed E-state index contributed by atoms with van der Waals surface area (Å²) >= 11 is 0. The summed E-state index contributed by atoms with van der Waals surface area (Å²) in [7, 11) is 0. The van der Waals surface area contributed by atoms with Crippen molar-refractivity contribution in [3.63, 3.8) is 0 Å². The molecule has 2 rings (SSSR count). The predicted molar refractivity (Wildman–Crippen MR) is 64.2 cm³/mol. The van der Waals surface area contributed by atoms with Crippen LogP contribution in [0.3, 0.4) is 0 Å². The summed E-state index contributed by atoms with van der Waals surface area (Å²) in [5.41, 5.74) is 1.45. The molecule has 0 spiro atoms. The van der Waals surface area contributed by atoms with Gasteiger partial charge in [-0.1, -0.05) is 5.16 Å². The zero-order valence-corrected chi connectivity index (χ0v) is 10.0. The van der Waals surface area contributed by atoms with E-state index in [1.54, 1.807) is 6.92 Å². The van der Waals surface area contributed by atoms with Crippen LogP contribution in [0.2, 0.25) is 0 Å². The van der Waals surface area contributed by atoms with Crippen molar-refractivity contribution in [2.45, 2.75) is 20.4 Å². The summed E-state index contributed by atoms with van der Waals surface area (Å²) in [5, 5.41) is 17.5. The Labute approximate surface area is 103 Å². The minimum atomic E-state index is -0.467. The normalized spacial score (nSPS) is 10.3. The van der Waals surface area contributed by atoms with Crippen LogP contribution in [0.1, 0.15) is 17.0 Å². The second-order valence-electron chi connectivity index (χ2n) is 3.90. The van der Waals surface area contributed by atoms with Gasteiger partial charge in [-0.05, 0) is 19.4 Å². The van der Waals surface area contributed by atoms with E-state index in [0.717, 1.165) is 11.5 Å². The van der Waals surface area contributed by atoms with Crippen molar-refractivity contribution in [1.29, 1.82) is 0 Å². The fourth-order valence-electron chi connectivity index (χ4n) is 1.52. The molecule has 0 amide bonds. The van der Waals surface area contributed by atoms with Gasteiger partial charge in [0.25, 0.3) is 5.69 Å². The number of aryl methyl sites for hydroxylation is 2. The van der Waals surface area contributed by atoms with Gasteiger partial charge in [-0.15, -0.1) is 0 Å². The number of aromatic nitrogens is 2. The molecule has 0 saturated carbocycles. The Bertz CT molecular complexity index is 579. The lowest BCUT2D eigenvalue weighted by atomic mass is 10.2. The molecule has 0 aliphatic carbocycles. The number of hydrogen-bond donors (Lipinski definition) is 1. The van der Waals surface area contributed by atoms with E-state index >= 15 is 0 Å². The summed E-state index contributed by atoms with van der Waals surface area (Å²) in [4.78, 5) is 14.1. The van der Waals surface area contributed by atoms with Gasteiger partial charge in [-0.25, -0.2) is 4.98 Å². The summed E-state index contributed by atoms with van der Waals surface area (Å²) in [6, 6.07) is 3.29. The van der Waals surface area contributed by atoms with Gasteiger partial charge in [0.2, 0.25) is 0 Å². The van der Waals surface area contributed by atoms with Crippen LogP contribution in [0.4, 0.5) is 11.5 Å². The van der Waals surface area contributed by atoms with E-state index in [1.807, 2.05) is 13.0 Å². The van der Waals surface area contributed by atoms with Crippen LogP contribution in [0.5, 0.6) is 0 Å². The monoisotopic (exact) mass is 248 g/mol. The first-order chi connectivity index (χ1) is 8.56. The van der Waals surface area contributed by atoms with Crippen LogP contribution in [-0.2, 0) is 6.54 Å². The molecule has 2 aromatic rings. The van der Waals surface area contributed by atoms with Crippen LogP contribution in [-0.4, -0.2) is 15.1 Å². The first kappa shape index (κ1) is 12.0. The van der Waals surface area contributed by atoms with Gasteiger partial charge in [-0.3, -0.25) is 10.1 Å². The third kappa shape index (κ3) is 2.62. The summed E-state index contributed by atoms with van der Waals surface area (Å²) in [6.45, 7) is 4.03. The molecule has 0 fully saturated rings. The maximum Gasteiger partial charge on any atom is 0.287 e. The molecule has 0 saturated heterocycles. The summed E-state index contributed by atoms with van der Waals surface area (Å²) < 4.78 is 4.93. The Morgan fingerprint density at radius 1 is 1.44 bits per heavy atom. The van der Waals surface area contributed by atoms with Crippen LogP contribution in [0, 0.1) is 24.0 Å². The van der Waals surface area contributed by atoms with Crippen LogP contribution in [0.25, 0.3) is 0 Å². The topological polar surface area (TPSA) is 94.1 Å². The molecule has 0 bridgehead atoms. The predicted octanol–water partition coefficient (Wildman–Crippen LogP) is 2.21. The van der Waals surface area contributed by atoms with Crippen LogP contribution >= 0.6 is 0 Å². The molecule has 7 heteroatoms. The Morgan fingerprint density at radius 2 is 2.22 bits per heavy atom. The van der Waals surface area contributed by atoms with Crippen molar-refractivity contribution in [3.8, 4) is 0 Å². The number of nitro groups is 1. The number of pyridine rings is 1. The summed E-state index contributed by atoms with van der Waals surface area (Å²) in [5.74, 6) is 1.33. The molecule has 0 atom stereocenters. The molecule has 0 aliphatic rings. The van der Waals surface area contributed by atoms with E-state index < -0.39 is 4.92 Å². The highest BCUT2D eigenvalue weighted by Gasteiger charge is 2.09. The lowest BCUT2D eigenvalue weighted by Crippen LogP contribution is -2.04. The third-order valence-corrected chi connectivity index (χ3v) is 2.39. The maximum absolute atomic E-state index is 10.6. The Morgan fingerprint density at radius 3 is 2.78 bits per heavy atom. The number of nitrogens with one attached hydrogen (secondary N) is 1. The standard InChI is InChI=1S/C11H12N4O3/c1-7-3-10(15(16)17)6-13-11(7)12-5-9-4-8(2)18-14-9/h3-4,6H,5H2,1-2H3,(H,12,13). The molecule has 0 radical (unpaired) electrons. The highest BCUT2D eigenvalue weighted by molar-refractivity contribution is 5.48. The largest absolute Gasteiger partial charge is 0.364 e. The molecule has 18 heavy (non-hydrogen) atoms. The summed E-state index contributed by atoms with van der Waals surface area (Å²) in [6.07, 6.45) is 1.23. The van der Waals surface area contributed by atoms with E-state index in [0.29, 0.717) is 17.9 Å². The zero-order chi connectivity index (χ0) is 13.1. The Hall–Kier alpha value is -2.44. The van der Waals surface area contributed by atoms with Crippen molar-refractivity contribution >= 4 is 11.5 Å². The molecule has 0 aliphatic heterocycles. The fourth-order valence-corrected chi connectivity index (χ4v) is 1.52. The molecule has 94 valence electrons. The van der Waals surface area contributed by atoms with Crippen molar-refractivity contribution in [3.05, 3.63) is 45.5 Å². The van der Waals surface area contributed by atoms with Crippen molar-refractivity contribution in [2.75, 3.05) is 5.32 Å². The van der Waals surface area contributed by atoms with Gasteiger partial charge in [0.05, 0.1) is 11.5 Å². The minimum absolute atomic E-state index is 0.0182. The lowest BCUT2D eigenvalue weighted by Gasteiger charge is -2.05. The lowest BCUT2D eigenvalue weighted by molar-refractivity contribution is -0.385. The van der Waals surface area contributed by atoms with Crippen molar-refractivity contribution in [2.24, 2.45) is 0 Å². The van der Waals surface area contributed by atoms with Crippen LogP contribution < -0.4 is 5.32 Å². The quantitative estimate of drug-likeness (QED) is 0.658. The molecule has 7 nitrogen and oxygen atoms in total. The smallest absolute Gasteiger partial charge is 0.287 e. The highest BCUT2D eigenvalue weighted by Crippen LogP contribution is 2.18. The van der Waals surface area contributed by atoms with E-state index in [2.05, 4.69) is 15.5 Å². The van der Waals surface area contributed by atoms with E-state index in [9.17, 15) is 10.1 Å². The van der Waals surface area contributed by atoms with E-state index in [4.69, 9.17) is 4.52 Å². The van der Waals surface area contributed by atoms with Gasteiger partial charge < -0.3 is 9.84 Å². The van der Waals surface area contributed by atoms with Gasteiger partial charge >= 0.3 is 0 Å². The number of nitrogens with zero attached hydrogens (tertiary/aromatic N) is 3. The number of anilines is 1. The fraction of sp³-hybridized carbons (Fsp3) is 0.273. The molecular weight excluding hydrogens is 236 g/mol. The molecule has 1 N–H and O–H groups in total. The second-order valence-corrected chi connectivity index (χ2v) is 3.90. The van der Waals surface area contributed by atoms with Gasteiger partial charge in [0, 0.05) is 12.1 Å². The average molecular weight is 248 g/mol. The van der Waals surface area contributed by atoms with E-state index in [-0.39, 0.29) is 5.69 Å². The SMILES string of the molecule is Cc1cc(CNc2ncc([N+](=O)[O-])cc2C)no1. The molecule has 0 aromatic carbocycles.